The van der Waals surface area contributed by atoms with Crippen molar-refractivity contribution in [3.05, 3.63) is 21.3 Å². The molecule has 1 aromatic heterocycles. The van der Waals surface area contributed by atoms with Crippen molar-refractivity contribution in [2.24, 2.45) is 0 Å². The van der Waals surface area contributed by atoms with Crippen molar-refractivity contribution in [1.82, 2.24) is 0 Å². The summed E-state index contributed by atoms with van der Waals surface area (Å²) < 4.78 is 0.595. The number of rotatable bonds is 4. The monoisotopic (exact) mass is 256 g/mol. The van der Waals surface area contributed by atoms with E-state index in [-0.39, 0.29) is 5.78 Å². The average molecular weight is 258 g/mol. The number of Topliss-reactive ketones (excluding diaryl/α,β-unsaturated/α-hetero) is 1. The molecule has 1 heterocycles. The minimum Gasteiger partial charge on any atom is -0.292 e. The Morgan fingerprint density at radius 3 is 2.69 bits per heavy atom. The Balaban J connectivity index is 2.67. The second-order valence-corrected chi connectivity index (χ2v) is 5.03. The van der Waals surface area contributed by atoms with Crippen molar-refractivity contribution in [3.63, 3.8) is 0 Å². The predicted octanol–water partition coefficient (Wildman–Crippen LogP) is 3.82. The third-order valence-corrected chi connectivity index (χ3v) is 3.34. The maximum atomic E-state index is 11.5. The molecule has 5 heteroatoms. The Hall–Kier alpha value is 0.240. The van der Waals surface area contributed by atoms with Gasteiger partial charge in [-0.05, 0) is 18.6 Å². The van der Waals surface area contributed by atoms with Gasteiger partial charge in [-0.3, -0.25) is 4.79 Å². The van der Waals surface area contributed by atoms with Crippen molar-refractivity contribution in [2.75, 3.05) is 5.88 Å². The molecule has 0 spiro atoms. The van der Waals surface area contributed by atoms with Crippen LogP contribution in [0.1, 0.15) is 16.1 Å². The summed E-state index contributed by atoms with van der Waals surface area (Å²) in [5.41, 5.74) is 0. The van der Waals surface area contributed by atoms with Gasteiger partial charge in [-0.15, -0.1) is 34.5 Å². The highest BCUT2D eigenvalue weighted by atomic mass is 35.5. The van der Waals surface area contributed by atoms with E-state index >= 15 is 0 Å². The van der Waals surface area contributed by atoms with Crippen molar-refractivity contribution in [3.8, 4) is 0 Å². The molecule has 0 bridgehead atoms. The van der Waals surface area contributed by atoms with E-state index in [9.17, 15) is 4.79 Å². The zero-order valence-corrected chi connectivity index (χ0v) is 9.68. The topological polar surface area (TPSA) is 17.1 Å². The molecular formula is C8H7Cl3OS. The molecule has 0 aliphatic carbocycles. The molecule has 13 heavy (non-hydrogen) atoms. The van der Waals surface area contributed by atoms with Crippen LogP contribution in [-0.4, -0.2) is 17.0 Å². The van der Waals surface area contributed by atoms with E-state index in [0.717, 1.165) is 0 Å². The number of carbonyl (C=O) groups is 1. The zero-order chi connectivity index (χ0) is 9.84. The Morgan fingerprint density at radius 1 is 1.54 bits per heavy atom. The molecular weight excluding hydrogens is 251 g/mol. The highest BCUT2D eigenvalue weighted by Gasteiger charge is 2.18. The first kappa shape index (κ1) is 11.3. The van der Waals surface area contributed by atoms with Gasteiger partial charge in [-0.1, -0.05) is 11.6 Å². The molecule has 1 rings (SSSR count). The lowest BCUT2D eigenvalue weighted by atomic mass is 10.2. The second kappa shape index (κ2) is 5.20. The molecule has 0 aliphatic rings. The van der Waals surface area contributed by atoms with Crippen LogP contribution in [0.15, 0.2) is 12.1 Å². The highest BCUT2D eigenvalue weighted by Crippen LogP contribution is 2.24. The van der Waals surface area contributed by atoms with E-state index < -0.39 is 5.38 Å². The normalized spacial score (nSPS) is 12.8. The first-order chi connectivity index (χ1) is 6.15. The number of hydrogen-bond donors (Lipinski definition) is 0. The molecule has 0 N–H and O–H groups in total. The smallest absolute Gasteiger partial charge is 0.190 e. The Bertz CT molecular complexity index is 297. The standard InChI is InChI=1S/C8H7Cl3OS/c9-4-3-5(10)8(12)6-1-2-7(11)13-6/h1-2,5H,3-4H2. The van der Waals surface area contributed by atoms with Gasteiger partial charge in [0.1, 0.15) is 0 Å². The highest BCUT2D eigenvalue weighted by molar-refractivity contribution is 7.18. The summed E-state index contributed by atoms with van der Waals surface area (Å²) in [4.78, 5) is 12.1. The van der Waals surface area contributed by atoms with E-state index in [1.165, 1.54) is 11.3 Å². The molecule has 1 nitrogen and oxygen atoms in total. The average Bonchev–Trinajstić information content (AvgIpc) is 2.51. The van der Waals surface area contributed by atoms with Gasteiger partial charge in [0.25, 0.3) is 0 Å². The Morgan fingerprint density at radius 2 is 2.23 bits per heavy atom. The first-order valence-corrected chi connectivity index (χ1v) is 5.81. The predicted molar refractivity (Wildman–Crippen MR) is 58.6 cm³/mol. The van der Waals surface area contributed by atoms with Gasteiger partial charge in [-0.25, -0.2) is 0 Å². The summed E-state index contributed by atoms with van der Waals surface area (Å²) in [5.74, 6) is 0.290. The molecule has 0 fully saturated rings. The van der Waals surface area contributed by atoms with Crippen LogP contribution in [0.3, 0.4) is 0 Å². The Labute approximate surface area is 95.6 Å². The lowest BCUT2D eigenvalue weighted by molar-refractivity contribution is 0.0990. The van der Waals surface area contributed by atoms with Gasteiger partial charge in [-0.2, -0.15) is 0 Å². The van der Waals surface area contributed by atoms with Crippen LogP contribution >= 0.6 is 46.1 Å². The summed E-state index contributed by atoms with van der Waals surface area (Å²) in [7, 11) is 0. The van der Waals surface area contributed by atoms with Crippen molar-refractivity contribution >= 4 is 51.9 Å². The van der Waals surface area contributed by atoms with E-state index in [0.29, 0.717) is 21.5 Å². The van der Waals surface area contributed by atoms with Crippen LogP contribution in [0.2, 0.25) is 4.34 Å². The molecule has 0 aliphatic heterocycles. The van der Waals surface area contributed by atoms with E-state index in [1.807, 2.05) is 0 Å². The fraction of sp³-hybridized carbons (Fsp3) is 0.375. The molecule has 1 unspecified atom stereocenters. The SMILES string of the molecule is O=C(c1ccc(Cl)s1)C(Cl)CCCl. The van der Waals surface area contributed by atoms with Crippen molar-refractivity contribution in [2.45, 2.75) is 11.8 Å². The van der Waals surface area contributed by atoms with Crippen LogP contribution in [0, 0.1) is 0 Å². The van der Waals surface area contributed by atoms with Crippen LogP contribution in [0.25, 0.3) is 0 Å². The summed E-state index contributed by atoms with van der Waals surface area (Å²) in [5, 5.41) is -0.535. The summed E-state index contributed by atoms with van der Waals surface area (Å²) >= 11 is 18.2. The molecule has 0 saturated heterocycles. The van der Waals surface area contributed by atoms with E-state index in [4.69, 9.17) is 34.8 Å². The fourth-order valence-corrected chi connectivity index (χ4v) is 2.49. The minimum atomic E-state index is -0.535. The Kier molecular flexibility index (Phi) is 4.53. The minimum absolute atomic E-state index is 0.0979. The number of alkyl halides is 2. The van der Waals surface area contributed by atoms with Gasteiger partial charge in [0.15, 0.2) is 5.78 Å². The third-order valence-electron chi connectivity index (χ3n) is 1.46. The second-order valence-electron chi connectivity index (χ2n) is 2.41. The number of halogens is 3. The van der Waals surface area contributed by atoms with Crippen LogP contribution < -0.4 is 0 Å². The number of thiophene rings is 1. The molecule has 72 valence electrons. The van der Waals surface area contributed by atoms with Gasteiger partial charge < -0.3 is 0 Å². The lowest BCUT2D eigenvalue weighted by Gasteiger charge is -2.02. The maximum absolute atomic E-state index is 11.5. The molecule has 0 amide bonds. The van der Waals surface area contributed by atoms with Crippen molar-refractivity contribution < 1.29 is 4.79 Å². The summed E-state index contributed by atoms with van der Waals surface area (Å²) in [6.45, 7) is 0. The van der Waals surface area contributed by atoms with Gasteiger partial charge in [0, 0.05) is 5.88 Å². The fourth-order valence-electron chi connectivity index (χ4n) is 0.828. The summed E-state index contributed by atoms with van der Waals surface area (Å²) in [6, 6.07) is 3.36. The van der Waals surface area contributed by atoms with Crippen molar-refractivity contribution in [1.29, 1.82) is 0 Å². The first-order valence-electron chi connectivity index (χ1n) is 3.64. The molecule has 0 aromatic carbocycles. The number of ketones is 1. The van der Waals surface area contributed by atoms with Crippen LogP contribution in [0.5, 0.6) is 0 Å². The number of carbonyl (C=O) groups excluding carboxylic acids is 1. The lowest BCUT2D eigenvalue weighted by Crippen LogP contribution is -2.13. The summed E-state index contributed by atoms with van der Waals surface area (Å²) in [6.07, 6.45) is 0.484. The van der Waals surface area contributed by atoms with Gasteiger partial charge in [0.2, 0.25) is 0 Å². The molecule has 1 aromatic rings. The zero-order valence-electron chi connectivity index (χ0n) is 6.60. The third kappa shape index (κ3) is 3.13. The van der Waals surface area contributed by atoms with E-state index in [2.05, 4.69) is 0 Å². The van der Waals surface area contributed by atoms with Crippen LogP contribution in [0.4, 0.5) is 0 Å². The largest absolute Gasteiger partial charge is 0.292 e. The number of hydrogen-bond acceptors (Lipinski definition) is 2. The maximum Gasteiger partial charge on any atom is 0.190 e. The molecule has 1 atom stereocenters. The molecule has 0 radical (unpaired) electrons. The molecule has 0 saturated carbocycles. The quantitative estimate of drug-likeness (QED) is 0.592. The van der Waals surface area contributed by atoms with Gasteiger partial charge >= 0.3 is 0 Å². The van der Waals surface area contributed by atoms with E-state index in [1.54, 1.807) is 12.1 Å². The van der Waals surface area contributed by atoms with Crippen LogP contribution in [-0.2, 0) is 0 Å². The van der Waals surface area contributed by atoms with Gasteiger partial charge in [0.05, 0.1) is 14.6 Å².